The number of hydrogen-bond acceptors (Lipinski definition) is 4. The van der Waals surface area contributed by atoms with Crippen molar-refractivity contribution in [1.82, 2.24) is 0 Å². The Labute approximate surface area is 196 Å². The fourth-order valence-corrected chi connectivity index (χ4v) is 4.36. The predicted molar refractivity (Wildman–Crippen MR) is 133 cm³/mol. The second-order valence-electron chi connectivity index (χ2n) is 8.66. The molecule has 1 aliphatic rings. The molecule has 0 bridgehead atoms. The van der Waals surface area contributed by atoms with Crippen molar-refractivity contribution in [2.75, 3.05) is 29.9 Å². The Kier molecular flexibility index (Phi) is 7.51. The second-order valence-corrected chi connectivity index (χ2v) is 8.66. The van der Waals surface area contributed by atoms with Crippen LogP contribution in [0.1, 0.15) is 30.0 Å². The Bertz CT molecular complexity index is 1050. The highest BCUT2D eigenvalue weighted by atomic mass is 16.5. The Morgan fingerprint density at radius 3 is 2.61 bits per heavy atom. The molecule has 1 aliphatic heterocycles. The number of aliphatic carboxylic acids is 1. The summed E-state index contributed by atoms with van der Waals surface area (Å²) >= 11 is 0. The van der Waals surface area contributed by atoms with E-state index in [4.69, 9.17) is 9.84 Å². The van der Waals surface area contributed by atoms with E-state index < -0.39 is 5.97 Å². The maximum Gasteiger partial charge on any atom is 0.306 e. The molecule has 0 amide bonds. The van der Waals surface area contributed by atoms with Gasteiger partial charge in [0.05, 0.1) is 12.5 Å². The lowest BCUT2D eigenvalue weighted by molar-refractivity contribution is -0.141. The molecule has 5 heteroatoms. The van der Waals surface area contributed by atoms with Crippen molar-refractivity contribution in [2.24, 2.45) is 5.92 Å². The van der Waals surface area contributed by atoms with Crippen LogP contribution in [-0.2, 0) is 24.2 Å². The van der Waals surface area contributed by atoms with E-state index in [1.165, 1.54) is 16.8 Å². The first kappa shape index (κ1) is 22.7. The Morgan fingerprint density at radius 1 is 1.06 bits per heavy atom. The van der Waals surface area contributed by atoms with Gasteiger partial charge in [-0.15, -0.1) is 0 Å². The van der Waals surface area contributed by atoms with Gasteiger partial charge in [-0.05, 0) is 66.3 Å². The highest BCUT2D eigenvalue weighted by Crippen LogP contribution is 2.30. The number of anilines is 2. The SMILES string of the molecule is CC(Cc1ccc(NCc2cccc3c2CCCN3CCOc2ccccc2)cc1)C(=O)O. The minimum Gasteiger partial charge on any atom is -0.492 e. The summed E-state index contributed by atoms with van der Waals surface area (Å²) in [5, 5.41) is 12.6. The molecule has 0 fully saturated rings. The van der Waals surface area contributed by atoms with Gasteiger partial charge in [-0.1, -0.05) is 49.4 Å². The lowest BCUT2D eigenvalue weighted by Gasteiger charge is -2.32. The molecule has 0 spiro atoms. The number of carboxylic acid groups (broad SMARTS) is 1. The van der Waals surface area contributed by atoms with Gasteiger partial charge in [-0.25, -0.2) is 0 Å². The van der Waals surface area contributed by atoms with Gasteiger partial charge in [0.15, 0.2) is 0 Å². The highest BCUT2D eigenvalue weighted by molar-refractivity contribution is 5.70. The van der Waals surface area contributed by atoms with E-state index in [1.54, 1.807) is 6.92 Å². The van der Waals surface area contributed by atoms with Crippen LogP contribution in [0, 0.1) is 5.92 Å². The summed E-state index contributed by atoms with van der Waals surface area (Å²) in [6.45, 7) is 5.10. The first-order valence-corrected chi connectivity index (χ1v) is 11.7. The largest absolute Gasteiger partial charge is 0.492 e. The van der Waals surface area contributed by atoms with Crippen LogP contribution >= 0.6 is 0 Å². The maximum atomic E-state index is 11.1. The monoisotopic (exact) mass is 444 g/mol. The molecule has 2 N–H and O–H groups in total. The third-order valence-electron chi connectivity index (χ3n) is 6.22. The quantitative estimate of drug-likeness (QED) is 0.439. The number of ether oxygens (including phenoxy) is 1. The summed E-state index contributed by atoms with van der Waals surface area (Å²) in [5.74, 6) is -0.219. The van der Waals surface area contributed by atoms with E-state index >= 15 is 0 Å². The molecule has 3 aromatic carbocycles. The van der Waals surface area contributed by atoms with E-state index in [-0.39, 0.29) is 5.92 Å². The van der Waals surface area contributed by atoms with E-state index in [9.17, 15) is 4.79 Å². The van der Waals surface area contributed by atoms with Crippen LogP contribution in [-0.4, -0.2) is 30.8 Å². The van der Waals surface area contributed by atoms with Crippen LogP contribution in [0.2, 0.25) is 0 Å². The van der Waals surface area contributed by atoms with Crippen LogP contribution in [0.3, 0.4) is 0 Å². The number of hydrogen-bond donors (Lipinski definition) is 2. The average molecular weight is 445 g/mol. The number of benzene rings is 3. The smallest absolute Gasteiger partial charge is 0.306 e. The Morgan fingerprint density at radius 2 is 1.85 bits per heavy atom. The van der Waals surface area contributed by atoms with Gasteiger partial charge in [-0.2, -0.15) is 0 Å². The van der Waals surface area contributed by atoms with Gasteiger partial charge in [0.1, 0.15) is 12.4 Å². The molecule has 0 radical (unpaired) electrons. The fourth-order valence-electron chi connectivity index (χ4n) is 4.36. The summed E-state index contributed by atoms with van der Waals surface area (Å²) < 4.78 is 5.92. The average Bonchev–Trinajstić information content (AvgIpc) is 2.84. The maximum absolute atomic E-state index is 11.1. The van der Waals surface area contributed by atoms with Gasteiger partial charge in [0.25, 0.3) is 0 Å². The molecular weight excluding hydrogens is 412 g/mol. The number of fused-ring (bicyclic) bond motifs is 1. The van der Waals surface area contributed by atoms with Crippen LogP contribution in [0.5, 0.6) is 5.75 Å². The third kappa shape index (κ3) is 6.07. The topological polar surface area (TPSA) is 61.8 Å². The van der Waals surface area contributed by atoms with Gasteiger partial charge in [-0.3, -0.25) is 4.79 Å². The first-order valence-electron chi connectivity index (χ1n) is 11.7. The summed E-state index contributed by atoms with van der Waals surface area (Å²) in [6, 6.07) is 24.6. The zero-order valence-corrected chi connectivity index (χ0v) is 19.2. The first-order chi connectivity index (χ1) is 16.1. The summed E-state index contributed by atoms with van der Waals surface area (Å²) in [7, 11) is 0. The second kappa shape index (κ2) is 10.9. The van der Waals surface area contributed by atoms with Crippen LogP contribution < -0.4 is 15.0 Å². The molecule has 1 unspecified atom stereocenters. The molecular formula is C28H32N2O3. The van der Waals surface area contributed by atoms with E-state index in [1.807, 2.05) is 54.6 Å². The van der Waals surface area contributed by atoms with E-state index in [2.05, 4.69) is 28.4 Å². The van der Waals surface area contributed by atoms with Crippen molar-refractivity contribution in [2.45, 2.75) is 32.7 Å². The van der Waals surface area contributed by atoms with Gasteiger partial charge in [0, 0.05) is 24.5 Å². The molecule has 0 saturated carbocycles. The number of nitrogens with zero attached hydrogens (tertiary/aromatic N) is 1. The summed E-state index contributed by atoms with van der Waals surface area (Å²) in [4.78, 5) is 13.5. The number of carbonyl (C=O) groups is 1. The van der Waals surface area contributed by atoms with Crippen molar-refractivity contribution >= 4 is 17.3 Å². The summed E-state index contributed by atoms with van der Waals surface area (Å²) in [6.07, 6.45) is 2.78. The molecule has 1 atom stereocenters. The molecule has 172 valence electrons. The predicted octanol–water partition coefficient (Wildman–Crippen LogP) is 5.39. The van der Waals surface area contributed by atoms with Crippen LogP contribution in [0.4, 0.5) is 11.4 Å². The van der Waals surface area contributed by atoms with Crippen molar-refractivity contribution in [3.8, 4) is 5.75 Å². The van der Waals surface area contributed by atoms with Crippen molar-refractivity contribution in [3.63, 3.8) is 0 Å². The fraction of sp³-hybridized carbons (Fsp3) is 0.321. The number of carboxylic acids is 1. The van der Waals surface area contributed by atoms with Crippen molar-refractivity contribution in [3.05, 3.63) is 89.5 Å². The molecule has 5 nitrogen and oxygen atoms in total. The van der Waals surface area contributed by atoms with E-state index in [0.717, 1.165) is 49.5 Å². The summed E-state index contributed by atoms with van der Waals surface area (Å²) in [5.41, 5.74) is 6.15. The Balaban J connectivity index is 1.35. The molecule has 1 heterocycles. The zero-order valence-electron chi connectivity index (χ0n) is 19.2. The van der Waals surface area contributed by atoms with Crippen LogP contribution in [0.15, 0.2) is 72.8 Å². The standard InChI is InChI=1S/C28H32N2O3/c1-21(28(31)32)19-22-12-14-24(15-13-22)29-20-23-7-5-11-27-26(23)10-6-16-30(27)17-18-33-25-8-3-2-4-9-25/h2-5,7-9,11-15,21,29H,6,10,16-20H2,1H3,(H,31,32). The number of nitrogens with one attached hydrogen (secondary N) is 1. The van der Waals surface area contributed by atoms with Crippen molar-refractivity contribution < 1.29 is 14.6 Å². The number of rotatable bonds is 10. The minimum atomic E-state index is -0.758. The molecule has 33 heavy (non-hydrogen) atoms. The molecule has 3 aromatic rings. The molecule has 0 saturated heterocycles. The van der Waals surface area contributed by atoms with E-state index in [0.29, 0.717) is 13.0 Å². The number of para-hydroxylation sites is 1. The zero-order chi connectivity index (χ0) is 23.0. The molecule has 0 aliphatic carbocycles. The highest BCUT2D eigenvalue weighted by Gasteiger charge is 2.19. The molecule has 0 aromatic heterocycles. The lowest BCUT2D eigenvalue weighted by atomic mass is 9.96. The Hall–Kier alpha value is -3.47. The third-order valence-corrected chi connectivity index (χ3v) is 6.22. The van der Waals surface area contributed by atoms with Crippen LogP contribution in [0.25, 0.3) is 0 Å². The van der Waals surface area contributed by atoms with Crippen molar-refractivity contribution in [1.29, 1.82) is 0 Å². The van der Waals surface area contributed by atoms with Gasteiger partial charge in [0.2, 0.25) is 0 Å². The van der Waals surface area contributed by atoms with Gasteiger partial charge >= 0.3 is 5.97 Å². The molecule has 4 rings (SSSR count). The van der Waals surface area contributed by atoms with Gasteiger partial charge < -0.3 is 20.1 Å². The lowest BCUT2D eigenvalue weighted by Crippen LogP contribution is -2.33. The normalized spacial score (nSPS) is 13.8. The minimum absolute atomic E-state index is 0.374.